The van der Waals surface area contributed by atoms with E-state index in [2.05, 4.69) is 0 Å². The number of nitrogens with zero attached hydrogens (tertiary/aromatic N) is 1. The van der Waals surface area contributed by atoms with Crippen LogP contribution in [-0.4, -0.2) is 23.3 Å². The number of carbonyl (C=O) groups is 2. The largest absolute Gasteiger partial charge is 0.396 e. The molecule has 1 aliphatic rings. The molecule has 2 N–H and O–H groups in total. The number of benzene rings is 1. The van der Waals surface area contributed by atoms with Crippen molar-refractivity contribution in [3.05, 3.63) is 24.0 Å². The highest BCUT2D eigenvalue weighted by Gasteiger charge is 2.28. The van der Waals surface area contributed by atoms with Crippen LogP contribution in [0, 0.1) is 5.82 Å². The van der Waals surface area contributed by atoms with Gasteiger partial charge in [0, 0.05) is 0 Å². The average molecular weight is 240 g/mol. The molecule has 0 aromatic heterocycles. The maximum Gasteiger partial charge on any atom is 0.243 e. The molecule has 0 unspecified atom stereocenters. The number of nitrogen functional groups attached to an aromatic ring is 1. The second-order valence-electron chi connectivity index (χ2n) is 3.32. The van der Waals surface area contributed by atoms with Crippen LogP contribution in [0.5, 0.6) is 0 Å². The van der Waals surface area contributed by atoms with E-state index >= 15 is 0 Å². The Morgan fingerprint density at radius 2 is 1.88 bits per heavy atom. The maximum absolute atomic E-state index is 12.9. The summed E-state index contributed by atoms with van der Waals surface area (Å²) in [7, 11) is 0. The van der Waals surface area contributed by atoms with Gasteiger partial charge >= 0.3 is 0 Å². The smallest absolute Gasteiger partial charge is 0.243 e. The summed E-state index contributed by atoms with van der Waals surface area (Å²) in [4.78, 5) is 24.2. The molecule has 0 spiro atoms. The van der Waals surface area contributed by atoms with Gasteiger partial charge in [-0.25, -0.2) is 9.29 Å². The first-order valence-electron chi connectivity index (χ1n) is 4.58. The average Bonchev–Trinajstić information content (AvgIpc) is 2.23. The topological polar surface area (TPSA) is 63.4 Å². The van der Waals surface area contributed by atoms with Gasteiger partial charge in [-0.2, -0.15) is 0 Å². The van der Waals surface area contributed by atoms with Crippen LogP contribution in [0.2, 0.25) is 0 Å². The van der Waals surface area contributed by atoms with Crippen molar-refractivity contribution in [2.24, 2.45) is 0 Å². The van der Waals surface area contributed by atoms with E-state index in [9.17, 15) is 14.0 Å². The van der Waals surface area contributed by atoms with Crippen molar-refractivity contribution in [3.8, 4) is 0 Å². The molecule has 1 heterocycles. The third-order valence-electron chi connectivity index (χ3n) is 2.19. The number of halogens is 1. The first kappa shape index (κ1) is 10.9. The number of rotatable bonds is 1. The Kier molecular flexibility index (Phi) is 2.82. The number of carbonyl (C=O) groups excluding carboxylic acids is 2. The summed E-state index contributed by atoms with van der Waals surface area (Å²) in [5, 5.41) is 0. The summed E-state index contributed by atoms with van der Waals surface area (Å²) in [5.74, 6) is -0.652. The van der Waals surface area contributed by atoms with Gasteiger partial charge in [0.05, 0.1) is 22.9 Å². The second-order valence-corrected chi connectivity index (χ2v) is 4.31. The van der Waals surface area contributed by atoms with Crippen LogP contribution < -0.4 is 10.6 Å². The first-order valence-corrected chi connectivity index (χ1v) is 5.73. The summed E-state index contributed by atoms with van der Waals surface area (Å²) < 4.78 is 12.9. The van der Waals surface area contributed by atoms with E-state index in [0.29, 0.717) is 5.69 Å². The zero-order chi connectivity index (χ0) is 11.7. The molecule has 0 radical (unpaired) electrons. The fourth-order valence-corrected chi connectivity index (χ4v) is 2.16. The number of thioether (sulfide) groups is 1. The fraction of sp³-hybridized carbons (Fsp3) is 0.200. The van der Waals surface area contributed by atoms with Gasteiger partial charge in [-0.1, -0.05) is 0 Å². The summed E-state index contributed by atoms with van der Waals surface area (Å²) in [6.45, 7) is 0. The van der Waals surface area contributed by atoms with Gasteiger partial charge in [0.15, 0.2) is 0 Å². The van der Waals surface area contributed by atoms with E-state index in [1.807, 2.05) is 0 Å². The zero-order valence-corrected chi connectivity index (χ0v) is 9.09. The lowest BCUT2D eigenvalue weighted by Gasteiger charge is -2.24. The minimum atomic E-state index is -0.560. The summed E-state index contributed by atoms with van der Waals surface area (Å²) in [6.07, 6.45) is 0. The van der Waals surface area contributed by atoms with Crippen LogP contribution in [0.3, 0.4) is 0 Å². The van der Waals surface area contributed by atoms with Crippen LogP contribution in [0.15, 0.2) is 18.2 Å². The van der Waals surface area contributed by atoms with Gasteiger partial charge in [-0.3, -0.25) is 9.59 Å². The Morgan fingerprint density at radius 3 is 2.44 bits per heavy atom. The molecule has 0 bridgehead atoms. The van der Waals surface area contributed by atoms with Gasteiger partial charge in [-0.15, -0.1) is 11.8 Å². The van der Waals surface area contributed by atoms with Crippen LogP contribution >= 0.6 is 11.8 Å². The molecule has 16 heavy (non-hydrogen) atoms. The number of amides is 2. The van der Waals surface area contributed by atoms with Crippen molar-refractivity contribution in [2.75, 3.05) is 22.1 Å². The maximum atomic E-state index is 12.9. The molecule has 2 rings (SSSR count). The van der Waals surface area contributed by atoms with Crippen LogP contribution in [0.25, 0.3) is 0 Å². The van der Waals surface area contributed by atoms with Gasteiger partial charge < -0.3 is 5.73 Å². The Balaban J connectivity index is 2.38. The van der Waals surface area contributed by atoms with Gasteiger partial charge in [0.2, 0.25) is 11.8 Å². The first-order chi connectivity index (χ1) is 7.59. The lowest BCUT2D eigenvalue weighted by molar-refractivity contribution is -0.124. The van der Waals surface area contributed by atoms with Gasteiger partial charge in [0.1, 0.15) is 5.82 Å². The van der Waals surface area contributed by atoms with E-state index < -0.39 is 5.82 Å². The Bertz CT molecular complexity index is 448. The molecule has 4 nitrogen and oxygen atoms in total. The molecule has 1 aliphatic heterocycles. The summed E-state index contributed by atoms with van der Waals surface area (Å²) in [6, 6.07) is 3.81. The number of hydrogen-bond donors (Lipinski definition) is 1. The van der Waals surface area contributed by atoms with Crippen molar-refractivity contribution in [1.29, 1.82) is 0 Å². The molecule has 1 fully saturated rings. The molecule has 0 aliphatic carbocycles. The minimum absolute atomic E-state index is 0.0728. The Labute approximate surface area is 95.6 Å². The summed E-state index contributed by atoms with van der Waals surface area (Å²) in [5.41, 5.74) is 5.64. The SMILES string of the molecule is Nc1cc(N2C(=O)CSCC2=O)ccc1F. The third kappa shape index (κ3) is 1.88. The predicted octanol–water partition coefficient (Wildman–Crippen LogP) is 1.01. The number of nitrogens with two attached hydrogens (primary N) is 1. The van der Waals surface area contributed by atoms with E-state index in [1.165, 1.54) is 23.9 Å². The highest BCUT2D eigenvalue weighted by atomic mass is 32.2. The number of anilines is 2. The molecule has 84 valence electrons. The monoisotopic (exact) mass is 240 g/mol. The Hall–Kier alpha value is -1.56. The van der Waals surface area contributed by atoms with Crippen LogP contribution in [0.4, 0.5) is 15.8 Å². The van der Waals surface area contributed by atoms with E-state index in [0.717, 1.165) is 11.0 Å². The zero-order valence-electron chi connectivity index (χ0n) is 8.27. The van der Waals surface area contributed by atoms with Crippen LogP contribution in [0.1, 0.15) is 0 Å². The molecule has 2 amide bonds. The summed E-state index contributed by atoms with van der Waals surface area (Å²) >= 11 is 1.27. The predicted molar refractivity (Wildman–Crippen MR) is 60.6 cm³/mol. The van der Waals surface area contributed by atoms with Crippen molar-refractivity contribution in [3.63, 3.8) is 0 Å². The van der Waals surface area contributed by atoms with Crippen molar-refractivity contribution in [2.45, 2.75) is 0 Å². The molecule has 6 heteroatoms. The second kappa shape index (κ2) is 4.13. The van der Waals surface area contributed by atoms with Crippen LogP contribution in [-0.2, 0) is 9.59 Å². The lowest BCUT2D eigenvalue weighted by Crippen LogP contribution is -2.43. The molecule has 1 saturated heterocycles. The van der Waals surface area contributed by atoms with E-state index in [4.69, 9.17) is 5.73 Å². The fourth-order valence-electron chi connectivity index (χ4n) is 1.45. The lowest BCUT2D eigenvalue weighted by atomic mass is 10.2. The highest BCUT2D eigenvalue weighted by molar-refractivity contribution is 8.00. The third-order valence-corrected chi connectivity index (χ3v) is 3.09. The van der Waals surface area contributed by atoms with Crippen molar-refractivity contribution < 1.29 is 14.0 Å². The van der Waals surface area contributed by atoms with Gasteiger partial charge in [-0.05, 0) is 18.2 Å². The normalized spacial score (nSPS) is 16.7. The molecule has 1 aromatic carbocycles. The van der Waals surface area contributed by atoms with E-state index in [1.54, 1.807) is 0 Å². The molecule has 0 atom stereocenters. The molecular formula is C10H9FN2O2S. The highest BCUT2D eigenvalue weighted by Crippen LogP contribution is 2.24. The standard InChI is InChI=1S/C10H9FN2O2S/c11-7-2-1-6(3-8(7)12)13-9(14)4-16-5-10(13)15/h1-3H,4-5,12H2. The minimum Gasteiger partial charge on any atom is -0.396 e. The molecular weight excluding hydrogens is 231 g/mol. The quantitative estimate of drug-likeness (QED) is 0.588. The molecule has 0 saturated carbocycles. The number of imide groups is 1. The van der Waals surface area contributed by atoms with Gasteiger partial charge in [0.25, 0.3) is 0 Å². The number of hydrogen-bond acceptors (Lipinski definition) is 4. The van der Waals surface area contributed by atoms with Crippen molar-refractivity contribution >= 4 is 35.0 Å². The Morgan fingerprint density at radius 1 is 1.25 bits per heavy atom. The van der Waals surface area contributed by atoms with E-state index in [-0.39, 0.29) is 29.0 Å². The van der Waals surface area contributed by atoms with Crippen molar-refractivity contribution in [1.82, 2.24) is 0 Å². The molecule has 1 aromatic rings.